The quantitative estimate of drug-likeness (QED) is 0.740. The van der Waals surface area contributed by atoms with Crippen LogP contribution in [0, 0.1) is 0 Å². The van der Waals surface area contributed by atoms with Crippen LogP contribution in [-0.4, -0.2) is 47.8 Å². The molecule has 0 aromatic heterocycles. The molecule has 0 bridgehead atoms. The number of halogens is 2. The van der Waals surface area contributed by atoms with Gasteiger partial charge in [0.1, 0.15) is 0 Å². The summed E-state index contributed by atoms with van der Waals surface area (Å²) in [5.74, 6) is 0.0718. The Kier molecular flexibility index (Phi) is 4.62. The first-order valence-corrected chi connectivity index (χ1v) is 7.57. The molecular weight excluding hydrogens is 376 g/mol. The Labute approximate surface area is 129 Å². The fourth-order valence-electron chi connectivity index (χ4n) is 2.08. The first-order chi connectivity index (χ1) is 8.97. The lowest BCUT2D eigenvalue weighted by molar-refractivity contribution is -0.130. The van der Waals surface area contributed by atoms with Gasteiger partial charge in [0.25, 0.3) is 5.91 Å². The second-order valence-corrected chi connectivity index (χ2v) is 6.29. The van der Waals surface area contributed by atoms with Crippen molar-refractivity contribution in [2.24, 2.45) is 0 Å². The molecule has 2 amide bonds. The van der Waals surface area contributed by atoms with E-state index in [1.807, 2.05) is 18.2 Å². The molecule has 1 aromatic carbocycles. The van der Waals surface area contributed by atoms with Crippen LogP contribution in [0.3, 0.4) is 0 Å². The van der Waals surface area contributed by atoms with Crippen LogP contribution in [0.25, 0.3) is 0 Å². The molecule has 2 rings (SSSR count). The van der Waals surface area contributed by atoms with Gasteiger partial charge in [0.05, 0.1) is 0 Å². The molecular formula is C13H14Br2N2O2. The summed E-state index contributed by atoms with van der Waals surface area (Å²) in [6.07, 6.45) is 0. The summed E-state index contributed by atoms with van der Waals surface area (Å²) in [5.41, 5.74) is 0.650. The number of carbonyl (C=O) groups excluding carboxylic acids is 2. The highest BCUT2D eigenvalue weighted by molar-refractivity contribution is 9.11. The van der Waals surface area contributed by atoms with Crippen molar-refractivity contribution in [2.45, 2.75) is 6.92 Å². The molecule has 0 radical (unpaired) electrons. The molecule has 102 valence electrons. The predicted molar refractivity (Wildman–Crippen MR) is 80.0 cm³/mol. The van der Waals surface area contributed by atoms with Crippen molar-refractivity contribution in [3.8, 4) is 0 Å². The van der Waals surface area contributed by atoms with E-state index in [2.05, 4.69) is 31.9 Å². The molecule has 6 heteroatoms. The number of carbonyl (C=O) groups is 2. The third-order valence-corrected chi connectivity index (χ3v) is 4.04. The summed E-state index contributed by atoms with van der Waals surface area (Å²) in [5, 5.41) is 0. The Morgan fingerprint density at radius 2 is 1.42 bits per heavy atom. The van der Waals surface area contributed by atoms with Crippen LogP contribution in [0.4, 0.5) is 0 Å². The number of amides is 2. The second kappa shape index (κ2) is 6.05. The van der Waals surface area contributed by atoms with E-state index in [1.54, 1.807) is 16.7 Å². The van der Waals surface area contributed by atoms with Crippen molar-refractivity contribution in [3.63, 3.8) is 0 Å². The van der Waals surface area contributed by atoms with Gasteiger partial charge in [-0.05, 0) is 18.2 Å². The van der Waals surface area contributed by atoms with E-state index in [-0.39, 0.29) is 11.8 Å². The molecule has 4 nitrogen and oxygen atoms in total. The van der Waals surface area contributed by atoms with Crippen molar-refractivity contribution in [1.29, 1.82) is 0 Å². The first kappa shape index (κ1) is 14.5. The van der Waals surface area contributed by atoms with E-state index in [1.165, 1.54) is 0 Å². The van der Waals surface area contributed by atoms with Crippen LogP contribution in [0.2, 0.25) is 0 Å². The molecule has 1 saturated heterocycles. The van der Waals surface area contributed by atoms with Crippen LogP contribution < -0.4 is 0 Å². The lowest BCUT2D eigenvalue weighted by Crippen LogP contribution is -2.50. The molecule has 1 aliphatic heterocycles. The molecule has 0 saturated carbocycles. The summed E-state index contributed by atoms with van der Waals surface area (Å²) in [7, 11) is 0. The fraction of sp³-hybridized carbons (Fsp3) is 0.385. The van der Waals surface area contributed by atoms with Crippen LogP contribution >= 0.6 is 31.9 Å². The molecule has 1 aromatic rings. The Morgan fingerprint density at radius 1 is 0.947 bits per heavy atom. The molecule has 0 unspecified atom stereocenters. The van der Waals surface area contributed by atoms with Gasteiger partial charge >= 0.3 is 0 Å². The van der Waals surface area contributed by atoms with E-state index in [0.717, 1.165) is 8.95 Å². The second-order valence-electron chi connectivity index (χ2n) is 4.46. The van der Waals surface area contributed by atoms with Gasteiger partial charge in [-0.25, -0.2) is 0 Å². The molecule has 0 spiro atoms. The predicted octanol–water partition coefficient (Wildman–Crippen LogP) is 2.52. The summed E-state index contributed by atoms with van der Waals surface area (Å²) in [6, 6.07) is 5.51. The maximum atomic E-state index is 12.4. The van der Waals surface area contributed by atoms with Gasteiger partial charge in [-0.15, -0.1) is 0 Å². The van der Waals surface area contributed by atoms with Gasteiger partial charge in [0.15, 0.2) is 0 Å². The number of piperazine rings is 1. The zero-order chi connectivity index (χ0) is 14.0. The summed E-state index contributed by atoms with van der Waals surface area (Å²) < 4.78 is 1.74. The minimum atomic E-state index is 0.00482. The number of benzene rings is 1. The zero-order valence-electron chi connectivity index (χ0n) is 10.5. The van der Waals surface area contributed by atoms with E-state index in [9.17, 15) is 9.59 Å². The van der Waals surface area contributed by atoms with Gasteiger partial charge in [0, 0.05) is 47.6 Å². The third-order valence-electron chi connectivity index (χ3n) is 3.12. The van der Waals surface area contributed by atoms with Crippen molar-refractivity contribution in [1.82, 2.24) is 9.80 Å². The highest BCUT2D eigenvalue weighted by Gasteiger charge is 2.23. The first-order valence-electron chi connectivity index (χ1n) is 5.98. The zero-order valence-corrected chi connectivity index (χ0v) is 13.7. The molecule has 1 heterocycles. The van der Waals surface area contributed by atoms with Crippen molar-refractivity contribution < 1.29 is 9.59 Å². The van der Waals surface area contributed by atoms with Crippen LogP contribution in [0.15, 0.2) is 27.1 Å². The molecule has 1 aliphatic rings. The molecule has 0 atom stereocenters. The van der Waals surface area contributed by atoms with Crippen LogP contribution in [-0.2, 0) is 4.79 Å². The molecule has 19 heavy (non-hydrogen) atoms. The van der Waals surface area contributed by atoms with Gasteiger partial charge < -0.3 is 9.80 Å². The number of nitrogens with zero attached hydrogens (tertiary/aromatic N) is 2. The van der Waals surface area contributed by atoms with Crippen LogP contribution in [0.1, 0.15) is 17.3 Å². The number of rotatable bonds is 1. The summed E-state index contributed by atoms with van der Waals surface area (Å²) in [4.78, 5) is 27.2. The van der Waals surface area contributed by atoms with Crippen molar-refractivity contribution in [2.75, 3.05) is 26.2 Å². The van der Waals surface area contributed by atoms with Crippen molar-refractivity contribution >= 4 is 43.7 Å². The minimum absolute atomic E-state index is 0.00482. The van der Waals surface area contributed by atoms with Gasteiger partial charge in [-0.2, -0.15) is 0 Å². The largest absolute Gasteiger partial charge is 0.339 e. The lowest BCUT2D eigenvalue weighted by atomic mass is 10.2. The molecule has 1 fully saturated rings. The highest BCUT2D eigenvalue weighted by Crippen LogP contribution is 2.21. The summed E-state index contributed by atoms with van der Waals surface area (Å²) in [6.45, 7) is 3.94. The normalized spacial score (nSPS) is 15.5. The smallest absolute Gasteiger partial charge is 0.254 e. The van der Waals surface area contributed by atoms with Crippen molar-refractivity contribution in [3.05, 3.63) is 32.7 Å². The maximum Gasteiger partial charge on any atom is 0.254 e. The Morgan fingerprint density at radius 3 is 1.89 bits per heavy atom. The van der Waals surface area contributed by atoms with E-state index < -0.39 is 0 Å². The topological polar surface area (TPSA) is 40.6 Å². The maximum absolute atomic E-state index is 12.4. The molecule has 0 aliphatic carbocycles. The van der Waals surface area contributed by atoms with Gasteiger partial charge in [-0.1, -0.05) is 31.9 Å². The minimum Gasteiger partial charge on any atom is -0.339 e. The monoisotopic (exact) mass is 388 g/mol. The highest BCUT2D eigenvalue weighted by atomic mass is 79.9. The average molecular weight is 390 g/mol. The summed E-state index contributed by atoms with van der Waals surface area (Å²) >= 11 is 6.76. The number of hydrogen-bond acceptors (Lipinski definition) is 2. The standard InChI is InChI=1S/C13H14Br2N2O2/c1-9(18)16-2-4-17(5-3-16)13(19)10-6-11(14)8-12(15)7-10/h6-8H,2-5H2,1H3. The molecule has 0 N–H and O–H groups in total. The third kappa shape index (κ3) is 3.57. The van der Waals surface area contributed by atoms with E-state index in [4.69, 9.17) is 0 Å². The lowest BCUT2D eigenvalue weighted by Gasteiger charge is -2.34. The van der Waals surface area contributed by atoms with Crippen LogP contribution in [0.5, 0.6) is 0 Å². The SMILES string of the molecule is CC(=O)N1CCN(C(=O)c2cc(Br)cc(Br)c2)CC1. The fourth-order valence-corrected chi connectivity index (χ4v) is 3.38. The van der Waals surface area contributed by atoms with E-state index in [0.29, 0.717) is 31.7 Å². The Bertz CT molecular complexity index is 491. The van der Waals surface area contributed by atoms with Gasteiger partial charge in [-0.3, -0.25) is 9.59 Å². The number of hydrogen-bond donors (Lipinski definition) is 0. The van der Waals surface area contributed by atoms with E-state index >= 15 is 0 Å². The Hall–Kier alpha value is -0.880. The average Bonchev–Trinajstić information content (AvgIpc) is 2.37. The van der Waals surface area contributed by atoms with Gasteiger partial charge in [0.2, 0.25) is 5.91 Å². The Balaban J connectivity index is 2.07.